The third kappa shape index (κ3) is 4.21. The maximum Gasteiger partial charge on any atom is 0.140 e. The molecule has 2 rings (SSSR count). The predicted octanol–water partition coefficient (Wildman–Crippen LogP) is 4.41. The molecule has 1 aromatic heterocycles. The van der Waals surface area contributed by atoms with Crippen LogP contribution < -0.4 is 9.47 Å². The van der Waals surface area contributed by atoms with Crippen molar-refractivity contribution in [3.8, 4) is 11.5 Å². The van der Waals surface area contributed by atoms with Crippen molar-refractivity contribution in [3.05, 3.63) is 40.3 Å². The molecule has 0 saturated carbocycles. The molecule has 0 bridgehead atoms. The minimum atomic E-state index is 0.495. The maximum absolute atomic E-state index is 5.83. The van der Waals surface area contributed by atoms with Crippen LogP contribution in [0.4, 0.5) is 0 Å². The minimum absolute atomic E-state index is 0.495. The van der Waals surface area contributed by atoms with Crippen LogP contribution in [0.1, 0.15) is 23.9 Å². The van der Waals surface area contributed by atoms with Crippen molar-refractivity contribution < 1.29 is 9.47 Å². The van der Waals surface area contributed by atoms with E-state index in [-0.39, 0.29) is 0 Å². The van der Waals surface area contributed by atoms with Crippen LogP contribution in [-0.4, -0.2) is 11.6 Å². The lowest BCUT2D eigenvalue weighted by Crippen LogP contribution is -2.00. The van der Waals surface area contributed by atoms with Crippen LogP contribution in [-0.2, 0) is 11.9 Å². The molecule has 19 heavy (non-hydrogen) atoms. The molecule has 0 fully saturated rings. The standard InChI is InChI=1S/C14H16BrNO2S/c1-2-6-17-12-4-3-11(9-15)13(8-12)18-10-14-16-5-7-19-14/h3-5,7-8H,2,6,9-10H2,1H3. The molecule has 1 heterocycles. The van der Waals surface area contributed by atoms with E-state index in [9.17, 15) is 0 Å². The van der Waals surface area contributed by atoms with E-state index >= 15 is 0 Å². The molecule has 0 aliphatic rings. The largest absolute Gasteiger partial charge is 0.493 e. The molecule has 0 N–H and O–H groups in total. The normalized spacial score (nSPS) is 10.4. The van der Waals surface area contributed by atoms with Gasteiger partial charge < -0.3 is 9.47 Å². The molecule has 0 aliphatic carbocycles. The summed E-state index contributed by atoms with van der Waals surface area (Å²) in [6, 6.07) is 5.94. The number of rotatable bonds is 7. The van der Waals surface area contributed by atoms with E-state index in [1.807, 2.05) is 23.6 Å². The SMILES string of the molecule is CCCOc1ccc(CBr)c(OCc2nccs2)c1. The van der Waals surface area contributed by atoms with Gasteiger partial charge in [-0.1, -0.05) is 28.9 Å². The van der Waals surface area contributed by atoms with Gasteiger partial charge in [0.25, 0.3) is 0 Å². The van der Waals surface area contributed by atoms with Crippen LogP contribution in [0, 0.1) is 0 Å². The number of aromatic nitrogens is 1. The minimum Gasteiger partial charge on any atom is -0.493 e. The number of thiazole rings is 1. The smallest absolute Gasteiger partial charge is 0.140 e. The van der Waals surface area contributed by atoms with Gasteiger partial charge in [0.1, 0.15) is 23.1 Å². The Kier molecular flexibility index (Phi) is 5.66. The Morgan fingerprint density at radius 1 is 1.32 bits per heavy atom. The lowest BCUT2D eigenvalue weighted by molar-refractivity contribution is 0.292. The second kappa shape index (κ2) is 7.50. The van der Waals surface area contributed by atoms with Gasteiger partial charge in [0.2, 0.25) is 0 Å². The van der Waals surface area contributed by atoms with E-state index in [1.165, 1.54) is 0 Å². The highest BCUT2D eigenvalue weighted by Gasteiger charge is 2.06. The molecule has 0 spiro atoms. The Hall–Kier alpha value is -1.07. The van der Waals surface area contributed by atoms with Crippen LogP contribution in [0.15, 0.2) is 29.8 Å². The van der Waals surface area contributed by atoms with Gasteiger partial charge in [-0.3, -0.25) is 0 Å². The fraction of sp³-hybridized carbons (Fsp3) is 0.357. The fourth-order valence-electron chi connectivity index (χ4n) is 1.55. The highest BCUT2D eigenvalue weighted by atomic mass is 79.9. The Balaban J connectivity index is 2.07. The van der Waals surface area contributed by atoms with Gasteiger partial charge in [0.05, 0.1) is 6.61 Å². The van der Waals surface area contributed by atoms with Crippen molar-refractivity contribution in [1.29, 1.82) is 0 Å². The number of hydrogen-bond donors (Lipinski definition) is 0. The maximum atomic E-state index is 5.83. The second-order valence-corrected chi connectivity index (χ2v) is 5.51. The van der Waals surface area contributed by atoms with E-state index in [2.05, 4.69) is 27.8 Å². The Labute approximate surface area is 125 Å². The molecule has 2 aromatic rings. The zero-order chi connectivity index (χ0) is 13.5. The summed E-state index contributed by atoms with van der Waals surface area (Å²) in [5.74, 6) is 1.70. The van der Waals surface area contributed by atoms with Crippen molar-refractivity contribution in [2.24, 2.45) is 0 Å². The lowest BCUT2D eigenvalue weighted by atomic mass is 10.2. The average Bonchev–Trinajstić information content (AvgIpc) is 2.96. The molecule has 0 unspecified atom stereocenters. The molecular formula is C14H16BrNO2S. The number of halogens is 1. The fourth-order valence-corrected chi connectivity index (χ4v) is 2.54. The third-order valence-corrected chi connectivity index (χ3v) is 3.85. The van der Waals surface area contributed by atoms with E-state index in [4.69, 9.17) is 9.47 Å². The average molecular weight is 342 g/mol. The van der Waals surface area contributed by atoms with Crippen LogP contribution in [0.2, 0.25) is 0 Å². The first kappa shape index (κ1) is 14.3. The van der Waals surface area contributed by atoms with E-state index in [1.54, 1.807) is 17.5 Å². The molecule has 0 amide bonds. The van der Waals surface area contributed by atoms with E-state index in [0.717, 1.165) is 40.4 Å². The lowest BCUT2D eigenvalue weighted by Gasteiger charge is -2.11. The van der Waals surface area contributed by atoms with Gasteiger partial charge in [0.15, 0.2) is 0 Å². The molecule has 0 atom stereocenters. The van der Waals surface area contributed by atoms with Crippen LogP contribution >= 0.6 is 27.3 Å². The molecule has 0 aliphatic heterocycles. The van der Waals surface area contributed by atoms with Crippen molar-refractivity contribution in [3.63, 3.8) is 0 Å². The summed E-state index contributed by atoms with van der Waals surface area (Å²) in [7, 11) is 0. The van der Waals surface area contributed by atoms with Gasteiger partial charge >= 0.3 is 0 Å². The third-order valence-electron chi connectivity index (χ3n) is 2.49. The van der Waals surface area contributed by atoms with E-state index < -0.39 is 0 Å². The molecule has 1 aromatic carbocycles. The zero-order valence-corrected chi connectivity index (χ0v) is 13.2. The molecule has 3 nitrogen and oxygen atoms in total. The van der Waals surface area contributed by atoms with Gasteiger partial charge in [-0.25, -0.2) is 4.98 Å². The monoisotopic (exact) mass is 341 g/mol. The summed E-state index contributed by atoms with van der Waals surface area (Å²) in [6.45, 7) is 3.31. The van der Waals surface area contributed by atoms with Crippen molar-refractivity contribution >= 4 is 27.3 Å². The van der Waals surface area contributed by atoms with Gasteiger partial charge in [0, 0.05) is 28.5 Å². The summed E-state index contributed by atoms with van der Waals surface area (Å²) >= 11 is 5.07. The second-order valence-electron chi connectivity index (χ2n) is 3.97. The van der Waals surface area contributed by atoms with Crippen LogP contribution in [0.3, 0.4) is 0 Å². The Morgan fingerprint density at radius 3 is 2.89 bits per heavy atom. The van der Waals surface area contributed by atoms with Crippen molar-refractivity contribution in [1.82, 2.24) is 4.98 Å². The van der Waals surface area contributed by atoms with Crippen LogP contribution in [0.5, 0.6) is 11.5 Å². The van der Waals surface area contributed by atoms with Gasteiger partial charge in [-0.05, 0) is 12.5 Å². The first-order valence-corrected chi connectivity index (χ1v) is 8.16. The number of alkyl halides is 1. The number of nitrogens with zero attached hydrogens (tertiary/aromatic N) is 1. The number of hydrogen-bond acceptors (Lipinski definition) is 4. The highest BCUT2D eigenvalue weighted by molar-refractivity contribution is 9.08. The Morgan fingerprint density at radius 2 is 2.21 bits per heavy atom. The summed E-state index contributed by atoms with van der Waals surface area (Å²) < 4.78 is 11.5. The zero-order valence-electron chi connectivity index (χ0n) is 10.8. The van der Waals surface area contributed by atoms with Gasteiger partial charge in [-0.15, -0.1) is 11.3 Å². The number of benzene rings is 1. The summed E-state index contributed by atoms with van der Waals surface area (Å²) in [6.07, 6.45) is 2.78. The van der Waals surface area contributed by atoms with Crippen molar-refractivity contribution in [2.75, 3.05) is 6.61 Å². The van der Waals surface area contributed by atoms with Crippen molar-refractivity contribution in [2.45, 2.75) is 25.3 Å². The summed E-state index contributed by atoms with van der Waals surface area (Å²) in [5, 5.41) is 3.68. The summed E-state index contributed by atoms with van der Waals surface area (Å²) in [5.41, 5.74) is 1.11. The quantitative estimate of drug-likeness (QED) is 0.699. The summed E-state index contributed by atoms with van der Waals surface area (Å²) in [4.78, 5) is 4.21. The number of ether oxygens (including phenoxy) is 2. The molecular weight excluding hydrogens is 326 g/mol. The molecule has 0 saturated heterocycles. The van der Waals surface area contributed by atoms with E-state index in [0.29, 0.717) is 6.61 Å². The molecule has 5 heteroatoms. The predicted molar refractivity (Wildman–Crippen MR) is 81.3 cm³/mol. The highest BCUT2D eigenvalue weighted by Crippen LogP contribution is 2.27. The molecule has 0 radical (unpaired) electrons. The topological polar surface area (TPSA) is 31.4 Å². The first-order chi connectivity index (χ1) is 9.33. The first-order valence-electron chi connectivity index (χ1n) is 6.16. The Bertz CT molecular complexity index is 502. The van der Waals surface area contributed by atoms with Gasteiger partial charge in [-0.2, -0.15) is 0 Å². The molecule has 102 valence electrons. The van der Waals surface area contributed by atoms with Crippen LogP contribution in [0.25, 0.3) is 0 Å².